The van der Waals surface area contributed by atoms with Crippen molar-refractivity contribution in [2.75, 3.05) is 19.0 Å². The van der Waals surface area contributed by atoms with E-state index in [2.05, 4.69) is 10.4 Å². The third-order valence-electron chi connectivity index (χ3n) is 4.22. The number of carbonyl (C=O) groups excluding carboxylic acids is 1. The minimum Gasteiger partial charge on any atom is -0.493 e. The number of carbonyl (C=O) groups is 1. The number of ether oxygens (including phenoxy) is 2. The smallest absolute Gasteiger partial charge is 0.226 e. The van der Waals surface area contributed by atoms with E-state index >= 15 is 0 Å². The van der Waals surface area contributed by atoms with Crippen molar-refractivity contribution < 1.29 is 14.3 Å². The number of rotatable bonds is 4. The summed E-state index contributed by atoms with van der Waals surface area (Å²) in [5, 5.41) is 7.87. The summed E-state index contributed by atoms with van der Waals surface area (Å²) in [5.41, 5.74) is 2.70. The fourth-order valence-electron chi connectivity index (χ4n) is 3.22. The first kappa shape index (κ1) is 16.6. The lowest BCUT2D eigenvalue weighted by Crippen LogP contribution is -2.24. The standard InChI is InChI=1S/C17H20ClN3O3/c1-5-24-14-8-12(18)10(6-13(14)23-4)11-7-15(22)19-17-16(11)9(2)20-21(17)3/h6,8,11H,5,7H2,1-4H3,(H,19,22). The maximum Gasteiger partial charge on any atom is 0.226 e. The van der Waals surface area contributed by atoms with Gasteiger partial charge in [0.2, 0.25) is 5.91 Å². The van der Waals surface area contributed by atoms with Gasteiger partial charge in [-0.1, -0.05) is 11.6 Å². The molecule has 1 atom stereocenters. The summed E-state index contributed by atoms with van der Waals surface area (Å²) in [6, 6.07) is 3.60. The molecule has 0 saturated carbocycles. The average Bonchev–Trinajstić information content (AvgIpc) is 2.82. The van der Waals surface area contributed by atoms with Gasteiger partial charge < -0.3 is 14.8 Å². The summed E-state index contributed by atoms with van der Waals surface area (Å²) in [7, 11) is 3.40. The number of benzene rings is 1. The highest BCUT2D eigenvalue weighted by Gasteiger charge is 2.33. The van der Waals surface area contributed by atoms with Crippen LogP contribution in [0.2, 0.25) is 5.02 Å². The summed E-state index contributed by atoms with van der Waals surface area (Å²) in [5.74, 6) is 1.69. The monoisotopic (exact) mass is 349 g/mol. The van der Waals surface area contributed by atoms with Gasteiger partial charge in [-0.15, -0.1) is 0 Å². The lowest BCUT2D eigenvalue weighted by Gasteiger charge is -2.25. The van der Waals surface area contributed by atoms with Crippen molar-refractivity contribution in [3.8, 4) is 11.5 Å². The molecule has 7 heteroatoms. The van der Waals surface area contributed by atoms with Crippen molar-refractivity contribution in [3.05, 3.63) is 34.0 Å². The van der Waals surface area contributed by atoms with Crippen LogP contribution >= 0.6 is 11.6 Å². The van der Waals surface area contributed by atoms with Crippen LogP contribution in [0.5, 0.6) is 11.5 Å². The molecule has 1 N–H and O–H groups in total. The molecule has 6 nitrogen and oxygen atoms in total. The molecule has 1 unspecified atom stereocenters. The van der Waals surface area contributed by atoms with Crippen LogP contribution in [-0.4, -0.2) is 29.4 Å². The predicted molar refractivity (Wildman–Crippen MR) is 92.2 cm³/mol. The number of fused-ring (bicyclic) bond motifs is 1. The van der Waals surface area contributed by atoms with Gasteiger partial charge in [-0.05, 0) is 25.5 Å². The normalized spacial score (nSPS) is 16.5. The van der Waals surface area contributed by atoms with Gasteiger partial charge in [-0.3, -0.25) is 9.48 Å². The maximum absolute atomic E-state index is 12.2. The van der Waals surface area contributed by atoms with E-state index in [9.17, 15) is 4.79 Å². The van der Waals surface area contributed by atoms with Crippen LogP contribution in [0.3, 0.4) is 0 Å². The number of nitrogens with zero attached hydrogens (tertiary/aromatic N) is 2. The zero-order valence-corrected chi connectivity index (χ0v) is 14.9. The summed E-state index contributed by atoms with van der Waals surface area (Å²) in [6.07, 6.45) is 0.316. The van der Waals surface area contributed by atoms with Gasteiger partial charge >= 0.3 is 0 Å². The number of amides is 1. The molecule has 1 amide bonds. The van der Waals surface area contributed by atoms with Crippen LogP contribution in [0.15, 0.2) is 12.1 Å². The van der Waals surface area contributed by atoms with E-state index in [1.807, 2.05) is 27.0 Å². The van der Waals surface area contributed by atoms with Crippen LogP contribution in [0.25, 0.3) is 0 Å². The Morgan fingerprint density at radius 3 is 2.83 bits per heavy atom. The summed E-state index contributed by atoms with van der Waals surface area (Å²) >= 11 is 6.51. The van der Waals surface area contributed by atoms with E-state index in [1.165, 1.54) is 0 Å². The van der Waals surface area contributed by atoms with Crippen LogP contribution in [0, 0.1) is 6.92 Å². The lowest BCUT2D eigenvalue weighted by molar-refractivity contribution is -0.116. The minimum atomic E-state index is -0.167. The van der Waals surface area contributed by atoms with Crippen LogP contribution < -0.4 is 14.8 Å². The Labute approximate surface area is 145 Å². The second kappa shape index (κ2) is 6.36. The van der Waals surface area contributed by atoms with Crippen LogP contribution in [-0.2, 0) is 11.8 Å². The Balaban J connectivity index is 2.14. The minimum absolute atomic E-state index is 0.0561. The highest BCUT2D eigenvalue weighted by Crippen LogP contribution is 2.44. The molecule has 1 aliphatic heterocycles. The van der Waals surface area contributed by atoms with Crippen molar-refractivity contribution in [3.63, 3.8) is 0 Å². The Morgan fingerprint density at radius 1 is 1.42 bits per heavy atom. The zero-order chi connectivity index (χ0) is 17.4. The molecular formula is C17H20ClN3O3. The van der Waals surface area contributed by atoms with E-state index in [1.54, 1.807) is 17.9 Å². The predicted octanol–water partition coefficient (Wildman–Crippen LogP) is 3.26. The van der Waals surface area contributed by atoms with Crippen molar-refractivity contribution in [1.29, 1.82) is 0 Å². The van der Waals surface area contributed by atoms with E-state index in [0.717, 1.165) is 22.6 Å². The molecule has 0 saturated heterocycles. The summed E-state index contributed by atoms with van der Waals surface area (Å²) < 4.78 is 12.7. The number of nitrogens with one attached hydrogen (secondary N) is 1. The Bertz CT molecular complexity index is 801. The van der Waals surface area contributed by atoms with Gasteiger partial charge in [0.05, 0.1) is 19.4 Å². The largest absolute Gasteiger partial charge is 0.493 e. The molecule has 1 aromatic heterocycles. The molecule has 0 spiro atoms. The number of anilines is 1. The number of aromatic nitrogens is 2. The fraction of sp³-hybridized carbons (Fsp3) is 0.412. The van der Waals surface area contributed by atoms with Crippen molar-refractivity contribution >= 4 is 23.3 Å². The SMILES string of the molecule is CCOc1cc(Cl)c(C2CC(=O)Nc3c2c(C)nn3C)cc1OC. The second-order valence-electron chi connectivity index (χ2n) is 5.73. The van der Waals surface area contributed by atoms with Gasteiger partial charge in [-0.25, -0.2) is 0 Å². The molecule has 0 radical (unpaired) electrons. The molecule has 24 heavy (non-hydrogen) atoms. The highest BCUT2D eigenvalue weighted by atomic mass is 35.5. The molecule has 2 aromatic rings. The van der Waals surface area contributed by atoms with Crippen molar-refractivity contribution in [1.82, 2.24) is 9.78 Å². The zero-order valence-electron chi connectivity index (χ0n) is 14.1. The third-order valence-corrected chi connectivity index (χ3v) is 4.55. The number of aryl methyl sites for hydroxylation is 2. The van der Waals surface area contributed by atoms with Gasteiger partial charge in [0.15, 0.2) is 11.5 Å². The molecule has 2 heterocycles. The first-order chi connectivity index (χ1) is 11.5. The van der Waals surface area contributed by atoms with E-state index in [0.29, 0.717) is 29.5 Å². The third kappa shape index (κ3) is 2.71. The second-order valence-corrected chi connectivity index (χ2v) is 6.14. The van der Waals surface area contributed by atoms with E-state index in [4.69, 9.17) is 21.1 Å². The number of hydrogen-bond donors (Lipinski definition) is 1. The van der Waals surface area contributed by atoms with Gasteiger partial charge in [0.25, 0.3) is 0 Å². The molecular weight excluding hydrogens is 330 g/mol. The van der Waals surface area contributed by atoms with Gasteiger partial charge in [-0.2, -0.15) is 5.10 Å². The Morgan fingerprint density at radius 2 is 2.17 bits per heavy atom. The topological polar surface area (TPSA) is 65.4 Å². The molecule has 1 aliphatic rings. The van der Waals surface area contributed by atoms with E-state index in [-0.39, 0.29) is 11.8 Å². The van der Waals surface area contributed by atoms with Gasteiger partial charge in [0.1, 0.15) is 5.82 Å². The van der Waals surface area contributed by atoms with Crippen LogP contribution in [0.1, 0.15) is 36.1 Å². The Hall–Kier alpha value is -2.21. The maximum atomic E-state index is 12.2. The molecule has 128 valence electrons. The Kier molecular flexibility index (Phi) is 4.41. The molecule has 0 fully saturated rings. The number of hydrogen-bond acceptors (Lipinski definition) is 4. The quantitative estimate of drug-likeness (QED) is 0.920. The highest BCUT2D eigenvalue weighted by molar-refractivity contribution is 6.31. The fourth-order valence-corrected chi connectivity index (χ4v) is 3.51. The van der Waals surface area contributed by atoms with Gasteiger partial charge in [0, 0.05) is 36.0 Å². The van der Waals surface area contributed by atoms with Crippen molar-refractivity contribution in [2.24, 2.45) is 7.05 Å². The lowest BCUT2D eigenvalue weighted by atomic mass is 9.85. The average molecular weight is 350 g/mol. The first-order valence-corrected chi connectivity index (χ1v) is 8.17. The molecule has 0 bridgehead atoms. The number of methoxy groups -OCH3 is 1. The van der Waals surface area contributed by atoms with Crippen LogP contribution in [0.4, 0.5) is 5.82 Å². The first-order valence-electron chi connectivity index (χ1n) is 7.79. The summed E-state index contributed by atoms with van der Waals surface area (Å²) in [6.45, 7) is 4.35. The number of halogens is 1. The molecule has 0 aliphatic carbocycles. The molecule has 1 aromatic carbocycles. The van der Waals surface area contributed by atoms with E-state index < -0.39 is 0 Å². The van der Waals surface area contributed by atoms with Crippen molar-refractivity contribution in [2.45, 2.75) is 26.2 Å². The summed E-state index contributed by atoms with van der Waals surface area (Å²) in [4.78, 5) is 12.2. The molecule has 3 rings (SSSR count).